The van der Waals surface area contributed by atoms with Crippen molar-refractivity contribution in [2.75, 3.05) is 11.9 Å². The normalized spacial score (nSPS) is 10.6. The van der Waals surface area contributed by atoms with E-state index >= 15 is 0 Å². The second kappa shape index (κ2) is 7.36. The second-order valence-corrected chi connectivity index (χ2v) is 5.72. The molecule has 1 aromatic carbocycles. The van der Waals surface area contributed by atoms with Gasteiger partial charge in [0.1, 0.15) is 0 Å². The quantitative estimate of drug-likeness (QED) is 0.639. The van der Waals surface area contributed by atoms with Gasteiger partial charge in [-0.15, -0.1) is 0 Å². The Kier molecular flexibility index (Phi) is 6.40. The monoisotopic (exact) mass is 357 g/mol. The van der Waals surface area contributed by atoms with E-state index in [9.17, 15) is 9.59 Å². The van der Waals surface area contributed by atoms with Gasteiger partial charge in [-0.3, -0.25) is 9.59 Å². The van der Waals surface area contributed by atoms with Crippen LogP contribution in [0.15, 0.2) is 6.07 Å². The van der Waals surface area contributed by atoms with Gasteiger partial charge in [-0.2, -0.15) is 0 Å². The van der Waals surface area contributed by atoms with E-state index in [1.54, 1.807) is 13.8 Å². The van der Waals surface area contributed by atoms with Gasteiger partial charge >= 0.3 is 5.97 Å². The van der Waals surface area contributed by atoms with Crippen LogP contribution < -0.4 is 5.32 Å². The first-order valence-corrected chi connectivity index (χ1v) is 7.04. The number of nitrogens with one attached hydrogen (secondary N) is 1. The summed E-state index contributed by atoms with van der Waals surface area (Å²) in [4.78, 5) is 22.9. The molecule has 4 nitrogen and oxygen atoms in total. The molecule has 1 rings (SSSR count). The van der Waals surface area contributed by atoms with Gasteiger partial charge in [-0.1, -0.05) is 60.3 Å². The molecule has 0 unspecified atom stereocenters. The van der Waals surface area contributed by atoms with Gasteiger partial charge in [-0.05, 0) is 6.07 Å². The highest BCUT2D eigenvalue weighted by Crippen LogP contribution is 2.40. The van der Waals surface area contributed by atoms with E-state index in [4.69, 9.17) is 51.1 Å². The van der Waals surface area contributed by atoms with E-state index in [2.05, 4.69) is 5.32 Å². The maximum Gasteiger partial charge on any atom is 0.308 e. The van der Waals surface area contributed by atoms with Gasteiger partial charge in [-0.25, -0.2) is 0 Å². The summed E-state index contributed by atoms with van der Waals surface area (Å²) in [5.41, 5.74) is 0.0800. The number of hydrogen-bond donors (Lipinski definition) is 1. The first-order valence-electron chi connectivity index (χ1n) is 5.53. The lowest BCUT2D eigenvalue weighted by molar-refractivity contribution is -0.150. The van der Waals surface area contributed by atoms with Gasteiger partial charge in [0.05, 0.1) is 31.7 Å². The minimum absolute atomic E-state index is 0.0598. The average Bonchev–Trinajstić information content (AvgIpc) is 2.38. The third-order valence-electron chi connectivity index (χ3n) is 2.19. The summed E-state index contributed by atoms with van der Waals surface area (Å²) in [6.45, 7) is 2.86. The van der Waals surface area contributed by atoms with Crippen LogP contribution in [0.5, 0.6) is 0 Å². The Morgan fingerprint density at radius 1 is 1.15 bits per heavy atom. The fraction of sp³-hybridized carbons (Fsp3) is 0.333. The van der Waals surface area contributed by atoms with E-state index in [0.717, 1.165) is 0 Å². The summed E-state index contributed by atoms with van der Waals surface area (Å²) in [6, 6.07) is 1.36. The van der Waals surface area contributed by atoms with Crippen LogP contribution in [0, 0.1) is 5.92 Å². The summed E-state index contributed by atoms with van der Waals surface area (Å²) in [6.07, 6.45) is 0. The van der Waals surface area contributed by atoms with Crippen molar-refractivity contribution in [2.45, 2.75) is 13.8 Å². The van der Waals surface area contributed by atoms with Gasteiger partial charge in [0.15, 0.2) is 6.61 Å². The molecule has 1 N–H and O–H groups in total. The molecular weight excluding hydrogens is 348 g/mol. The summed E-state index contributed by atoms with van der Waals surface area (Å²) in [7, 11) is 0. The topological polar surface area (TPSA) is 55.4 Å². The van der Waals surface area contributed by atoms with Crippen LogP contribution in [0.2, 0.25) is 20.1 Å². The number of ether oxygens (including phenoxy) is 1. The summed E-state index contributed by atoms with van der Waals surface area (Å²) < 4.78 is 4.77. The zero-order chi connectivity index (χ0) is 15.4. The number of carbonyl (C=O) groups is 2. The molecule has 0 aliphatic heterocycles. The molecule has 1 amide bonds. The van der Waals surface area contributed by atoms with Crippen molar-refractivity contribution in [3.8, 4) is 0 Å². The predicted octanol–water partition coefficient (Wildman–Crippen LogP) is 4.44. The van der Waals surface area contributed by atoms with Crippen molar-refractivity contribution in [3.05, 3.63) is 26.2 Å². The van der Waals surface area contributed by atoms with Crippen LogP contribution >= 0.6 is 46.4 Å². The Hall–Kier alpha value is -0.680. The molecule has 0 spiro atoms. The molecule has 8 heteroatoms. The number of esters is 1. The number of rotatable bonds is 4. The predicted molar refractivity (Wildman–Crippen MR) is 80.9 cm³/mol. The molecule has 0 aliphatic rings. The van der Waals surface area contributed by atoms with Crippen LogP contribution in [0.3, 0.4) is 0 Å². The molecule has 0 fully saturated rings. The van der Waals surface area contributed by atoms with E-state index in [1.165, 1.54) is 6.07 Å². The number of amides is 1. The molecule has 0 saturated carbocycles. The number of halogens is 4. The number of benzene rings is 1. The van der Waals surface area contributed by atoms with Gasteiger partial charge in [0, 0.05) is 0 Å². The molecule has 0 atom stereocenters. The summed E-state index contributed by atoms with van der Waals surface area (Å²) >= 11 is 23.5. The maximum absolute atomic E-state index is 11.7. The minimum atomic E-state index is -0.596. The summed E-state index contributed by atoms with van der Waals surface area (Å²) in [5, 5.41) is 2.82. The Balaban J connectivity index is 2.79. The lowest BCUT2D eigenvalue weighted by atomic mass is 10.2. The zero-order valence-corrected chi connectivity index (χ0v) is 13.6. The Labute approximate surface area is 136 Å². The largest absolute Gasteiger partial charge is 0.455 e. The molecule has 110 valence electrons. The van der Waals surface area contributed by atoms with Crippen LogP contribution in [0.1, 0.15) is 13.8 Å². The van der Waals surface area contributed by atoms with E-state index < -0.39 is 18.5 Å². The average molecular weight is 359 g/mol. The Morgan fingerprint density at radius 3 is 2.10 bits per heavy atom. The highest BCUT2D eigenvalue weighted by atomic mass is 35.5. The van der Waals surface area contributed by atoms with Crippen molar-refractivity contribution in [3.63, 3.8) is 0 Å². The minimum Gasteiger partial charge on any atom is -0.455 e. The molecule has 20 heavy (non-hydrogen) atoms. The van der Waals surface area contributed by atoms with E-state index in [0.29, 0.717) is 0 Å². The lowest BCUT2D eigenvalue weighted by Gasteiger charge is -2.12. The van der Waals surface area contributed by atoms with Crippen LogP contribution in [-0.2, 0) is 14.3 Å². The molecule has 0 bridgehead atoms. The molecule has 0 heterocycles. The molecule has 0 aliphatic carbocycles. The smallest absolute Gasteiger partial charge is 0.308 e. The highest BCUT2D eigenvalue weighted by molar-refractivity contribution is 6.50. The molecule has 0 radical (unpaired) electrons. The van der Waals surface area contributed by atoms with Gasteiger partial charge in [0.25, 0.3) is 5.91 Å². The fourth-order valence-electron chi connectivity index (χ4n) is 1.16. The van der Waals surface area contributed by atoms with Crippen molar-refractivity contribution in [2.24, 2.45) is 5.92 Å². The zero-order valence-electron chi connectivity index (χ0n) is 10.6. The standard InChI is InChI=1S/C12H11Cl4NO3/c1-5(2)12(19)20-4-8(18)17-11-9(15)6(13)3-7(14)10(11)16/h3,5H,4H2,1-2H3,(H,17,18). The molecular formula is C12H11Cl4NO3. The first kappa shape index (κ1) is 17.4. The maximum atomic E-state index is 11.7. The van der Waals surface area contributed by atoms with Gasteiger partial charge < -0.3 is 10.1 Å². The SMILES string of the molecule is CC(C)C(=O)OCC(=O)Nc1c(Cl)c(Cl)cc(Cl)c1Cl. The molecule has 1 aromatic rings. The third-order valence-corrected chi connectivity index (χ3v) is 3.77. The Morgan fingerprint density at radius 2 is 1.65 bits per heavy atom. The van der Waals surface area contributed by atoms with Crippen molar-refractivity contribution < 1.29 is 14.3 Å². The van der Waals surface area contributed by atoms with Crippen LogP contribution in [-0.4, -0.2) is 18.5 Å². The van der Waals surface area contributed by atoms with Crippen molar-refractivity contribution in [1.82, 2.24) is 0 Å². The number of hydrogen-bond acceptors (Lipinski definition) is 3. The number of carbonyl (C=O) groups excluding carboxylic acids is 2. The first-order chi connectivity index (χ1) is 9.23. The van der Waals surface area contributed by atoms with Crippen molar-refractivity contribution in [1.29, 1.82) is 0 Å². The highest BCUT2D eigenvalue weighted by Gasteiger charge is 2.17. The van der Waals surface area contributed by atoms with Gasteiger partial charge in [0.2, 0.25) is 0 Å². The Bertz CT molecular complexity index is 520. The lowest BCUT2D eigenvalue weighted by Crippen LogP contribution is -2.23. The molecule has 0 aromatic heterocycles. The fourth-order valence-corrected chi connectivity index (χ4v) is 2.07. The van der Waals surface area contributed by atoms with Crippen LogP contribution in [0.25, 0.3) is 0 Å². The van der Waals surface area contributed by atoms with Crippen LogP contribution in [0.4, 0.5) is 5.69 Å². The number of anilines is 1. The third kappa shape index (κ3) is 4.42. The van der Waals surface area contributed by atoms with Crippen molar-refractivity contribution >= 4 is 64.0 Å². The van der Waals surface area contributed by atoms with E-state index in [-0.39, 0.29) is 31.7 Å². The molecule has 0 saturated heterocycles. The van der Waals surface area contributed by atoms with E-state index in [1.807, 2.05) is 0 Å². The second-order valence-electron chi connectivity index (χ2n) is 4.15. The summed E-state index contributed by atoms with van der Waals surface area (Å²) in [5.74, 6) is -1.40.